The lowest BCUT2D eigenvalue weighted by Crippen LogP contribution is -2.45. The Labute approximate surface area is 140 Å². The zero-order chi connectivity index (χ0) is 16.5. The van der Waals surface area contributed by atoms with Crippen molar-refractivity contribution in [3.8, 4) is 17.2 Å². The van der Waals surface area contributed by atoms with Crippen molar-refractivity contribution in [3.05, 3.63) is 48.4 Å². The van der Waals surface area contributed by atoms with Crippen LogP contribution in [0, 0.1) is 11.3 Å². The monoisotopic (exact) mass is 318 g/mol. The lowest BCUT2D eigenvalue weighted by atomic mass is 10.1. The number of likely N-dealkylation sites (N-methyl/N-ethyl adjacent to an activating group) is 1. The maximum absolute atomic E-state index is 9.12. The molecule has 0 atom stereocenters. The molecule has 0 spiro atoms. The molecule has 1 fully saturated rings. The molecule has 1 saturated heterocycles. The Morgan fingerprint density at radius 2 is 1.96 bits per heavy atom. The molecule has 4 heterocycles. The molecule has 0 bridgehead atoms. The minimum absolute atomic E-state index is 0.590. The van der Waals surface area contributed by atoms with Gasteiger partial charge in [-0.2, -0.15) is 10.4 Å². The predicted octanol–water partition coefficient (Wildman–Crippen LogP) is 2.02. The van der Waals surface area contributed by atoms with Gasteiger partial charge < -0.3 is 9.80 Å². The second-order valence-corrected chi connectivity index (χ2v) is 6.08. The van der Waals surface area contributed by atoms with E-state index in [1.54, 1.807) is 10.7 Å². The van der Waals surface area contributed by atoms with Crippen LogP contribution in [-0.4, -0.2) is 52.7 Å². The molecule has 0 aromatic carbocycles. The van der Waals surface area contributed by atoms with Gasteiger partial charge in [0, 0.05) is 49.7 Å². The van der Waals surface area contributed by atoms with Gasteiger partial charge in [-0.3, -0.25) is 0 Å². The van der Waals surface area contributed by atoms with Gasteiger partial charge in [-0.1, -0.05) is 6.07 Å². The molecule has 0 saturated carbocycles. The largest absolute Gasteiger partial charge is 0.354 e. The summed E-state index contributed by atoms with van der Waals surface area (Å²) in [4.78, 5) is 9.30. The van der Waals surface area contributed by atoms with E-state index in [4.69, 9.17) is 5.26 Å². The third-order valence-electron chi connectivity index (χ3n) is 4.54. The van der Waals surface area contributed by atoms with E-state index in [0.29, 0.717) is 5.56 Å². The van der Waals surface area contributed by atoms with Gasteiger partial charge in [-0.05, 0) is 25.2 Å². The maximum atomic E-state index is 9.12. The third-order valence-corrected chi connectivity index (χ3v) is 4.54. The van der Waals surface area contributed by atoms with E-state index in [9.17, 15) is 0 Å². The van der Waals surface area contributed by atoms with Gasteiger partial charge in [0.15, 0.2) is 0 Å². The van der Waals surface area contributed by atoms with Crippen LogP contribution >= 0.6 is 0 Å². The van der Waals surface area contributed by atoms with Crippen LogP contribution in [0.25, 0.3) is 16.6 Å². The fraction of sp³-hybridized carbons (Fsp3) is 0.278. The molecular weight excluding hydrogens is 300 g/mol. The SMILES string of the molecule is CN1CCN(c2ncccc2-c2ccc3c(C#N)cnn3c2)CC1. The average molecular weight is 318 g/mol. The first-order valence-electron chi connectivity index (χ1n) is 8.02. The molecule has 0 aliphatic carbocycles. The number of nitriles is 1. The molecule has 24 heavy (non-hydrogen) atoms. The van der Waals surface area contributed by atoms with Crippen LogP contribution in [0.5, 0.6) is 0 Å². The summed E-state index contributed by atoms with van der Waals surface area (Å²) in [5, 5.41) is 13.4. The summed E-state index contributed by atoms with van der Waals surface area (Å²) in [6.45, 7) is 4.03. The first-order chi connectivity index (χ1) is 11.8. The minimum Gasteiger partial charge on any atom is -0.354 e. The minimum atomic E-state index is 0.590. The van der Waals surface area contributed by atoms with Crippen LogP contribution in [0.4, 0.5) is 5.82 Å². The van der Waals surface area contributed by atoms with Gasteiger partial charge in [-0.25, -0.2) is 9.50 Å². The highest BCUT2D eigenvalue weighted by Gasteiger charge is 2.19. The summed E-state index contributed by atoms with van der Waals surface area (Å²) in [5.41, 5.74) is 3.56. The summed E-state index contributed by atoms with van der Waals surface area (Å²) in [7, 11) is 2.15. The van der Waals surface area contributed by atoms with E-state index in [2.05, 4.69) is 39.1 Å². The van der Waals surface area contributed by atoms with Gasteiger partial charge in [0.05, 0.1) is 17.3 Å². The molecule has 3 aromatic rings. The molecule has 0 amide bonds. The normalized spacial score (nSPS) is 15.6. The number of hydrogen-bond donors (Lipinski definition) is 0. The summed E-state index contributed by atoms with van der Waals surface area (Å²) in [5.74, 6) is 1.01. The van der Waals surface area contributed by atoms with Gasteiger partial charge in [0.2, 0.25) is 0 Å². The Hall–Kier alpha value is -2.91. The Kier molecular flexibility index (Phi) is 3.63. The van der Waals surface area contributed by atoms with Crippen LogP contribution in [0.2, 0.25) is 0 Å². The van der Waals surface area contributed by atoms with E-state index in [1.165, 1.54) is 0 Å². The van der Waals surface area contributed by atoms with Crippen LogP contribution in [0.15, 0.2) is 42.9 Å². The fourth-order valence-corrected chi connectivity index (χ4v) is 3.12. The molecular formula is C18H18N6. The second kappa shape index (κ2) is 5.95. The number of aromatic nitrogens is 3. The lowest BCUT2D eigenvalue weighted by molar-refractivity contribution is 0.312. The maximum Gasteiger partial charge on any atom is 0.136 e. The Balaban J connectivity index is 1.75. The van der Waals surface area contributed by atoms with Crippen molar-refractivity contribution >= 4 is 11.3 Å². The van der Waals surface area contributed by atoms with Crippen LogP contribution in [0.1, 0.15) is 5.56 Å². The first kappa shape index (κ1) is 14.7. The lowest BCUT2D eigenvalue weighted by Gasteiger charge is -2.34. The van der Waals surface area contributed by atoms with Crippen molar-refractivity contribution < 1.29 is 0 Å². The third kappa shape index (κ3) is 2.49. The smallest absolute Gasteiger partial charge is 0.136 e. The quantitative estimate of drug-likeness (QED) is 0.723. The molecule has 0 unspecified atom stereocenters. The molecule has 6 heteroatoms. The number of fused-ring (bicyclic) bond motifs is 1. The molecule has 120 valence electrons. The van der Waals surface area contributed by atoms with Gasteiger partial charge in [-0.15, -0.1) is 0 Å². The highest BCUT2D eigenvalue weighted by atomic mass is 15.3. The number of nitrogens with zero attached hydrogens (tertiary/aromatic N) is 6. The van der Waals surface area contributed by atoms with E-state index in [1.807, 2.05) is 30.6 Å². The number of piperazine rings is 1. The zero-order valence-electron chi connectivity index (χ0n) is 13.6. The number of pyridine rings is 2. The highest BCUT2D eigenvalue weighted by Crippen LogP contribution is 2.29. The standard InChI is InChI=1S/C18H18N6/c1-22-7-9-23(10-8-22)18-16(3-2-6-20-18)14-4-5-17-15(11-19)12-21-24(17)13-14/h2-6,12-13H,7-10H2,1H3. The van der Waals surface area contributed by atoms with Gasteiger partial charge >= 0.3 is 0 Å². The van der Waals surface area contributed by atoms with E-state index in [-0.39, 0.29) is 0 Å². The van der Waals surface area contributed by atoms with Crippen molar-refractivity contribution in [2.75, 3.05) is 38.1 Å². The van der Waals surface area contributed by atoms with Crippen molar-refractivity contribution in [1.82, 2.24) is 19.5 Å². The van der Waals surface area contributed by atoms with E-state index < -0.39 is 0 Å². The van der Waals surface area contributed by atoms with Crippen molar-refractivity contribution in [3.63, 3.8) is 0 Å². The van der Waals surface area contributed by atoms with E-state index in [0.717, 1.165) is 48.6 Å². The van der Waals surface area contributed by atoms with Crippen LogP contribution < -0.4 is 4.90 Å². The Morgan fingerprint density at radius 1 is 1.12 bits per heavy atom. The van der Waals surface area contributed by atoms with Crippen molar-refractivity contribution in [2.45, 2.75) is 0 Å². The number of anilines is 1. The van der Waals surface area contributed by atoms with Crippen LogP contribution in [0.3, 0.4) is 0 Å². The predicted molar refractivity (Wildman–Crippen MR) is 92.8 cm³/mol. The Bertz CT molecular complexity index is 915. The average Bonchev–Trinajstić information content (AvgIpc) is 3.04. The molecule has 0 N–H and O–H groups in total. The molecule has 0 radical (unpaired) electrons. The first-order valence-corrected chi connectivity index (χ1v) is 8.02. The zero-order valence-corrected chi connectivity index (χ0v) is 13.6. The molecule has 3 aromatic heterocycles. The molecule has 4 rings (SSSR count). The number of rotatable bonds is 2. The summed E-state index contributed by atoms with van der Waals surface area (Å²) >= 11 is 0. The molecule has 1 aliphatic rings. The summed E-state index contributed by atoms with van der Waals surface area (Å²) in [6, 6.07) is 10.2. The Morgan fingerprint density at radius 3 is 2.75 bits per heavy atom. The summed E-state index contributed by atoms with van der Waals surface area (Å²) < 4.78 is 1.76. The molecule has 1 aliphatic heterocycles. The fourth-order valence-electron chi connectivity index (χ4n) is 3.12. The van der Waals surface area contributed by atoms with Crippen molar-refractivity contribution in [1.29, 1.82) is 5.26 Å². The second-order valence-electron chi connectivity index (χ2n) is 6.08. The van der Waals surface area contributed by atoms with Crippen LogP contribution in [-0.2, 0) is 0 Å². The van der Waals surface area contributed by atoms with Gasteiger partial charge in [0.1, 0.15) is 11.9 Å². The van der Waals surface area contributed by atoms with Crippen molar-refractivity contribution in [2.24, 2.45) is 0 Å². The highest BCUT2D eigenvalue weighted by molar-refractivity contribution is 5.77. The summed E-state index contributed by atoms with van der Waals surface area (Å²) in [6.07, 6.45) is 5.41. The molecule has 6 nitrogen and oxygen atoms in total. The number of hydrogen-bond acceptors (Lipinski definition) is 5. The topological polar surface area (TPSA) is 60.5 Å². The van der Waals surface area contributed by atoms with Gasteiger partial charge in [0.25, 0.3) is 0 Å². The van der Waals surface area contributed by atoms with E-state index >= 15 is 0 Å².